The van der Waals surface area contributed by atoms with E-state index in [0.29, 0.717) is 6.42 Å². The molecular weight excluding hydrogens is 447 g/mol. The molecule has 0 saturated heterocycles. The van der Waals surface area contributed by atoms with Crippen LogP contribution >= 0.6 is 0 Å². The predicted octanol–water partition coefficient (Wildman–Crippen LogP) is 9.39. The normalized spacial score (nSPS) is 12.7. The maximum Gasteiger partial charge on any atom is 0.223 e. The highest BCUT2D eigenvalue weighted by Gasteiger charge is 2.18. The monoisotopic (exact) mass is 514 g/mol. The van der Waals surface area contributed by atoms with E-state index in [1.54, 1.807) is 0 Å². The fourth-order valence-corrected chi connectivity index (χ4v) is 5.09. The van der Waals surface area contributed by atoms with E-state index in [4.69, 9.17) is 0 Å². The molecule has 0 spiro atoms. The summed E-state index contributed by atoms with van der Waals surface area (Å²) in [6.45, 7) is 3.96. The molecule has 1 atom stereocenters. The summed E-state index contributed by atoms with van der Waals surface area (Å²) in [6, 6.07) is 0. The maximum absolute atomic E-state index is 12.8. The van der Waals surface area contributed by atoms with Gasteiger partial charge in [0.25, 0.3) is 0 Å². The van der Waals surface area contributed by atoms with Crippen molar-refractivity contribution in [1.29, 1.82) is 0 Å². The smallest absolute Gasteiger partial charge is 0.223 e. The fourth-order valence-electron chi connectivity index (χ4n) is 5.09. The summed E-state index contributed by atoms with van der Waals surface area (Å²) in [7, 11) is 6.60. The Kier molecular flexibility index (Phi) is 25.5. The molecule has 4 heteroatoms. The lowest BCUT2D eigenvalue weighted by Gasteiger charge is -2.24. The number of carbonyl (C=O) groups excluding carboxylic acids is 1. The Labute approximate surface area is 226 Å². The standard InChI is InChI=1S/C32H65FN2O/c1-5-6-7-8-9-10-11-12-13-14-15-16-17-19-22-26-31(27-23-20-18-21-24-28-33)32(36)34-29-25-30-35(2,3)4/h31H,5-30H2,1-4H3/p+1. The molecule has 0 aromatic carbocycles. The molecular formula is C32H66FN2O+. The third kappa shape index (κ3) is 26.4. The van der Waals surface area contributed by atoms with Crippen molar-refractivity contribution in [3.05, 3.63) is 0 Å². The summed E-state index contributed by atoms with van der Waals surface area (Å²) in [6.07, 6.45) is 28.7. The van der Waals surface area contributed by atoms with Crippen LogP contribution in [0.1, 0.15) is 155 Å². The van der Waals surface area contributed by atoms with Crippen molar-refractivity contribution in [2.75, 3.05) is 40.9 Å². The number of nitrogens with one attached hydrogen (secondary N) is 1. The highest BCUT2D eigenvalue weighted by molar-refractivity contribution is 5.78. The molecule has 0 aliphatic rings. The minimum Gasteiger partial charge on any atom is -0.356 e. The number of quaternary nitrogens is 1. The number of halogens is 1. The van der Waals surface area contributed by atoms with E-state index in [0.717, 1.165) is 62.5 Å². The second kappa shape index (κ2) is 26.0. The first-order valence-corrected chi connectivity index (χ1v) is 16.0. The van der Waals surface area contributed by atoms with Gasteiger partial charge in [0.05, 0.1) is 34.4 Å². The third-order valence-electron chi connectivity index (χ3n) is 7.52. The Hall–Kier alpha value is -0.640. The van der Waals surface area contributed by atoms with Crippen molar-refractivity contribution >= 4 is 5.91 Å². The molecule has 1 amide bonds. The Bertz CT molecular complexity index is 464. The van der Waals surface area contributed by atoms with Gasteiger partial charge in [-0.25, -0.2) is 0 Å². The van der Waals surface area contributed by atoms with Crippen LogP contribution in [0.25, 0.3) is 0 Å². The molecule has 0 aromatic heterocycles. The number of rotatable bonds is 28. The van der Waals surface area contributed by atoms with E-state index >= 15 is 0 Å². The van der Waals surface area contributed by atoms with Gasteiger partial charge < -0.3 is 9.80 Å². The minimum absolute atomic E-state index is 0.164. The van der Waals surface area contributed by atoms with Gasteiger partial charge in [-0.1, -0.05) is 129 Å². The molecule has 0 aromatic rings. The molecule has 0 saturated carbocycles. The minimum atomic E-state index is -0.197. The summed E-state index contributed by atoms with van der Waals surface area (Å²) in [5, 5.41) is 3.22. The molecule has 1 unspecified atom stereocenters. The van der Waals surface area contributed by atoms with E-state index in [1.807, 2.05) is 0 Å². The first-order valence-electron chi connectivity index (χ1n) is 16.0. The lowest BCUT2D eigenvalue weighted by atomic mass is 9.93. The van der Waals surface area contributed by atoms with Gasteiger partial charge in [0, 0.05) is 18.9 Å². The van der Waals surface area contributed by atoms with E-state index in [-0.39, 0.29) is 18.5 Å². The Balaban J connectivity index is 3.90. The molecule has 0 radical (unpaired) electrons. The first-order chi connectivity index (χ1) is 17.4. The van der Waals surface area contributed by atoms with E-state index in [1.165, 1.54) is 96.3 Å². The SMILES string of the molecule is CCCCCCCCCCCCCCCCCC(CCCCCCCF)C(=O)NCCC[N+](C)(C)C. The van der Waals surface area contributed by atoms with Gasteiger partial charge in [-0.15, -0.1) is 0 Å². The van der Waals surface area contributed by atoms with Crippen LogP contribution in [0, 0.1) is 5.92 Å². The lowest BCUT2D eigenvalue weighted by molar-refractivity contribution is -0.870. The van der Waals surface area contributed by atoms with Crippen LogP contribution in [0.5, 0.6) is 0 Å². The summed E-state index contributed by atoms with van der Waals surface area (Å²) >= 11 is 0. The van der Waals surface area contributed by atoms with Crippen LogP contribution in [0.15, 0.2) is 0 Å². The molecule has 0 aliphatic carbocycles. The molecule has 0 heterocycles. The lowest BCUT2D eigenvalue weighted by Crippen LogP contribution is -2.38. The fraction of sp³-hybridized carbons (Fsp3) is 0.969. The van der Waals surface area contributed by atoms with Gasteiger partial charge in [0.1, 0.15) is 0 Å². The van der Waals surface area contributed by atoms with Gasteiger partial charge in [0.15, 0.2) is 0 Å². The topological polar surface area (TPSA) is 29.1 Å². The third-order valence-corrected chi connectivity index (χ3v) is 7.52. The van der Waals surface area contributed by atoms with Crippen LogP contribution < -0.4 is 5.32 Å². The number of nitrogens with zero attached hydrogens (tertiary/aromatic N) is 1. The van der Waals surface area contributed by atoms with Crippen molar-refractivity contribution < 1.29 is 13.7 Å². The van der Waals surface area contributed by atoms with Crippen LogP contribution in [0.3, 0.4) is 0 Å². The van der Waals surface area contributed by atoms with Crippen LogP contribution in [0.2, 0.25) is 0 Å². The highest BCUT2D eigenvalue weighted by atomic mass is 19.1. The molecule has 0 rings (SSSR count). The number of hydrogen-bond donors (Lipinski definition) is 1. The summed E-state index contributed by atoms with van der Waals surface area (Å²) in [4.78, 5) is 12.8. The summed E-state index contributed by atoms with van der Waals surface area (Å²) in [5.74, 6) is 0.433. The zero-order valence-corrected chi connectivity index (χ0v) is 25.2. The van der Waals surface area contributed by atoms with E-state index in [9.17, 15) is 9.18 Å². The molecule has 1 N–H and O–H groups in total. The number of unbranched alkanes of at least 4 members (excludes halogenated alkanes) is 18. The Morgan fingerprint density at radius 3 is 1.39 bits per heavy atom. The van der Waals surface area contributed by atoms with E-state index in [2.05, 4.69) is 33.4 Å². The molecule has 0 bridgehead atoms. The number of carbonyl (C=O) groups is 1. The molecule has 0 fully saturated rings. The second-order valence-electron chi connectivity index (χ2n) is 12.3. The van der Waals surface area contributed by atoms with Gasteiger partial charge in [-0.3, -0.25) is 9.18 Å². The van der Waals surface area contributed by atoms with Gasteiger partial charge in [-0.05, 0) is 19.3 Å². The van der Waals surface area contributed by atoms with Gasteiger partial charge in [-0.2, -0.15) is 0 Å². The summed E-state index contributed by atoms with van der Waals surface area (Å²) in [5.41, 5.74) is 0. The highest BCUT2D eigenvalue weighted by Crippen LogP contribution is 2.20. The van der Waals surface area contributed by atoms with Gasteiger partial charge in [0.2, 0.25) is 5.91 Å². The molecule has 36 heavy (non-hydrogen) atoms. The number of amides is 1. The Morgan fingerprint density at radius 2 is 1.00 bits per heavy atom. The average Bonchev–Trinajstić information content (AvgIpc) is 2.84. The number of alkyl halides is 1. The van der Waals surface area contributed by atoms with Crippen molar-refractivity contribution in [2.24, 2.45) is 5.92 Å². The van der Waals surface area contributed by atoms with Crippen LogP contribution in [0.4, 0.5) is 4.39 Å². The largest absolute Gasteiger partial charge is 0.356 e. The zero-order valence-electron chi connectivity index (χ0n) is 25.2. The Morgan fingerprint density at radius 1 is 0.611 bits per heavy atom. The molecule has 0 aliphatic heterocycles. The van der Waals surface area contributed by atoms with Gasteiger partial charge >= 0.3 is 0 Å². The van der Waals surface area contributed by atoms with E-state index < -0.39 is 0 Å². The maximum atomic E-state index is 12.8. The predicted molar refractivity (Wildman–Crippen MR) is 157 cm³/mol. The van der Waals surface area contributed by atoms with Crippen molar-refractivity contribution in [1.82, 2.24) is 5.32 Å². The van der Waals surface area contributed by atoms with Crippen molar-refractivity contribution in [3.8, 4) is 0 Å². The zero-order chi connectivity index (χ0) is 26.7. The van der Waals surface area contributed by atoms with Crippen LogP contribution in [-0.4, -0.2) is 51.3 Å². The quantitative estimate of drug-likeness (QED) is 0.0819. The van der Waals surface area contributed by atoms with Crippen LogP contribution in [-0.2, 0) is 4.79 Å². The summed E-state index contributed by atoms with van der Waals surface area (Å²) < 4.78 is 13.2. The molecule has 216 valence electrons. The molecule has 3 nitrogen and oxygen atoms in total. The number of hydrogen-bond acceptors (Lipinski definition) is 1. The average molecular weight is 514 g/mol. The first kappa shape index (κ1) is 35.4. The van der Waals surface area contributed by atoms with Crippen molar-refractivity contribution in [2.45, 2.75) is 155 Å². The van der Waals surface area contributed by atoms with Crippen molar-refractivity contribution in [3.63, 3.8) is 0 Å². The second-order valence-corrected chi connectivity index (χ2v) is 12.3.